The van der Waals surface area contributed by atoms with E-state index in [4.69, 9.17) is 11.6 Å². The Morgan fingerprint density at radius 1 is 1.50 bits per heavy atom. The fourth-order valence-corrected chi connectivity index (χ4v) is 2.03. The lowest BCUT2D eigenvalue weighted by atomic mass is 10.2. The van der Waals surface area contributed by atoms with Crippen molar-refractivity contribution >= 4 is 27.5 Å². The maximum atomic E-state index is 13.6. The lowest BCUT2D eigenvalue weighted by Crippen LogP contribution is -2.23. The molecule has 0 aliphatic carbocycles. The summed E-state index contributed by atoms with van der Waals surface area (Å²) < 4.78 is 15.3. The fraction of sp³-hybridized carbons (Fsp3) is 0.167. The Hall–Kier alpha value is -1.20. The molecule has 1 heterocycles. The number of hydrogen-bond donors (Lipinski definition) is 0. The molecule has 3 nitrogen and oxygen atoms in total. The Kier molecular flexibility index (Phi) is 3.82. The molecule has 0 saturated carbocycles. The average molecular weight is 332 g/mol. The van der Waals surface area contributed by atoms with E-state index in [0.29, 0.717) is 20.8 Å². The standard InChI is InChI=1S/C12H9BrClFN2O/c1-7-11(13)12(18)17(6-16-7)5-8-4-9(14)2-3-10(8)15/h2-4,6H,5H2,1H3. The van der Waals surface area contributed by atoms with Gasteiger partial charge in [-0.15, -0.1) is 0 Å². The van der Waals surface area contributed by atoms with E-state index in [-0.39, 0.29) is 12.1 Å². The van der Waals surface area contributed by atoms with Gasteiger partial charge < -0.3 is 0 Å². The van der Waals surface area contributed by atoms with Crippen LogP contribution in [0, 0.1) is 12.7 Å². The summed E-state index contributed by atoms with van der Waals surface area (Å²) >= 11 is 8.96. The highest BCUT2D eigenvalue weighted by molar-refractivity contribution is 9.10. The molecule has 2 rings (SSSR count). The Labute approximate surface area is 116 Å². The zero-order valence-electron chi connectivity index (χ0n) is 9.45. The van der Waals surface area contributed by atoms with Crippen LogP contribution in [0.1, 0.15) is 11.3 Å². The van der Waals surface area contributed by atoms with Gasteiger partial charge in [-0.05, 0) is 41.1 Å². The second-order valence-electron chi connectivity index (χ2n) is 3.81. The zero-order valence-corrected chi connectivity index (χ0v) is 11.8. The van der Waals surface area contributed by atoms with Crippen LogP contribution in [0.5, 0.6) is 0 Å². The number of nitrogens with zero attached hydrogens (tertiary/aromatic N) is 2. The van der Waals surface area contributed by atoms with Gasteiger partial charge in [-0.3, -0.25) is 9.36 Å². The van der Waals surface area contributed by atoms with Gasteiger partial charge in [0.2, 0.25) is 0 Å². The van der Waals surface area contributed by atoms with E-state index in [9.17, 15) is 9.18 Å². The van der Waals surface area contributed by atoms with Gasteiger partial charge in [0.1, 0.15) is 10.3 Å². The minimum Gasteiger partial charge on any atom is -0.294 e. The molecule has 0 saturated heterocycles. The van der Waals surface area contributed by atoms with Crippen molar-refractivity contribution in [3.8, 4) is 0 Å². The lowest BCUT2D eigenvalue weighted by molar-refractivity contribution is 0.593. The summed E-state index contributed by atoms with van der Waals surface area (Å²) in [5.41, 5.74) is 0.701. The summed E-state index contributed by atoms with van der Waals surface area (Å²) in [6.45, 7) is 1.81. The van der Waals surface area contributed by atoms with E-state index in [1.54, 1.807) is 6.92 Å². The van der Waals surface area contributed by atoms with E-state index in [2.05, 4.69) is 20.9 Å². The molecule has 0 bridgehead atoms. The fourth-order valence-electron chi connectivity index (χ4n) is 1.51. The van der Waals surface area contributed by atoms with Crippen LogP contribution in [0.25, 0.3) is 0 Å². The van der Waals surface area contributed by atoms with Gasteiger partial charge in [0.25, 0.3) is 5.56 Å². The maximum Gasteiger partial charge on any atom is 0.268 e. The van der Waals surface area contributed by atoms with E-state index in [1.165, 1.54) is 29.1 Å². The van der Waals surface area contributed by atoms with Gasteiger partial charge in [-0.2, -0.15) is 0 Å². The lowest BCUT2D eigenvalue weighted by Gasteiger charge is -2.08. The monoisotopic (exact) mass is 330 g/mol. The van der Waals surface area contributed by atoms with Crippen molar-refractivity contribution in [3.63, 3.8) is 0 Å². The Morgan fingerprint density at radius 2 is 2.22 bits per heavy atom. The van der Waals surface area contributed by atoms with Gasteiger partial charge in [0.05, 0.1) is 18.6 Å². The van der Waals surface area contributed by atoms with Crippen molar-refractivity contribution in [1.82, 2.24) is 9.55 Å². The molecule has 1 aromatic carbocycles. The first-order chi connectivity index (χ1) is 8.49. The van der Waals surface area contributed by atoms with Crippen LogP contribution in [-0.4, -0.2) is 9.55 Å². The predicted molar refractivity (Wildman–Crippen MR) is 71.4 cm³/mol. The van der Waals surface area contributed by atoms with E-state index in [0.717, 1.165) is 0 Å². The maximum absolute atomic E-state index is 13.6. The first-order valence-corrected chi connectivity index (χ1v) is 6.31. The van der Waals surface area contributed by atoms with Gasteiger partial charge in [0.15, 0.2) is 0 Å². The molecule has 0 radical (unpaired) electrons. The highest BCUT2D eigenvalue weighted by Crippen LogP contribution is 2.16. The van der Waals surface area contributed by atoms with Crippen molar-refractivity contribution in [2.75, 3.05) is 0 Å². The van der Waals surface area contributed by atoms with Crippen molar-refractivity contribution in [3.05, 3.63) is 61.5 Å². The van der Waals surface area contributed by atoms with Gasteiger partial charge in [0, 0.05) is 10.6 Å². The third-order valence-corrected chi connectivity index (χ3v) is 3.65. The predicted octanol–water partition coefficient (Wildman–Crippen LogP) is 3.16. The molecule has 18 heavy (non-hydrogen) atoms. The number of hydrogen-bond acceptors (Lipinski definition) is 2. The van der Waals surface area contributed by atoms with Crippen LogP contribution in [-0.2, 0) is 6.54 Å². The molecule has 0 unspecified atom stereocenters. The summed E-state index contributed by atoms with van der Waals surface area (Å²) in [6, 6.07) is 4.24. The van der Waals surface area contributed by atoms with E-state index in [1.807, 2.05) is 0 Å². The largest absolute Gasteiger partial charge is 0.294 e. The highest BCUT2D eigenvalue weighted by atomic mass is 79.9. The summed E-state index contributed by atoms with van der Waals surface area (Å²) in [5, 5.41) is 0.429. The first-order valence-electron chi connectivity index (χ1n) is 5.14. The average Bonchev–Trinajstić information content (AvgIpc) is 2.34. The molecule has 2 aromatic rings. The summed E-state index contributed by atoms with van der Waals surface area (Å²) in [5.74, 6) is -0.400. The summed E-state index contributed by atoms with van der Waals surface area (Å²) in [4.78, 5) is 16.0. The van der Waals surface area contributed by atoms with Crippen molar-refractivity contribution in [2.45, 2.75) is 13.5 Å². The van der Waals surface area contributed by atoms with Crippen LogP contribution in [0.2, 0.25) is 5.02 Å². The minimum atomic E-state index is -0.400. The van der Waals surface area contributed by atoms with Crippen LogP contribution in [0.15, 0.2) is 33.8 Å². The molecule has 0 N–H and O–H groups in total. The van der Waals surface area contributed by atoms with Crippen LogP contribution in [0.4, 0.5) is 4.39 Å². The van der Waals surface area contributed by atoms with Gasteiger partial charge in [-0.1, -0.05) is 11.6 Å². The molecule has 0 aliphatic rings. The quantitative estimate of drug-likeness (QED) is 0.847. The SMILES string of the molecule is Cc1ncn(Cc2cc(Cl)ccc2F)c(=O)c1Br. The first kappa shape index (κ1) is 13.2. The van der Waals surface area contributed by atoms with Gasteiger partial charge >= 0.3 is 0 Å². The number of aryl methyl sites for hydroxylation is 1. The molecule has 94 valence electrons. The topological polar surface area (TPSA) is 34.9 Å². The second kappa shape index (κ2) is 5.20. The number of benzene rings is 1. The molecular formula is C12H9BrClFN2O. The third-order valence-electron chi connectivity index (χ3n) is 2.51. The molecule has 0 aliphatic heterocycles. The van der Waals surface area contributed by atoms with E-state index < -0.39 is 5.82 Å². The zero-order chi connectivity index (χ0) is 13.3. The minimum absolute atomic E-state index is 0.0944. The second-order valence-corrected chi connectivity index (χ2v) is 5.04. The molecule has 0 fully saturated rings. The molecule has 1 aromatic heterocycles. The molecule has 0 amide bonds. The molecular weight excluding hydrogens is 322 g/mol. The highest BCUT2D eigenvalue weighted by Gasteiger charge is 2.08. The molecule has 6 heteroatoms. The van der Waals surface area contributed by atoms with E-state index >= 15 is 0 Å². The molecule has 0 atom stereocenters. The van der Waals surface area contributed by atoms with Crippen LogP contribution >= 0.6 is 27.5 Å². The Bertz CT molecular complexity index is 657. The van der Waals surface area contributed by atoms with Crippen molar-refractivity contribution in [1.29, 1.82) is 0 Å². The number of aromatic nitrogens is 2. The van der Waals surface area contributed by atoms with Crippen LogP contribution < -0.4 is 5.56 Å². The summed E-state index contributed by atoms with van der Waals surface area (Å²) in [6.07, 6.45) is 1.39. The Morgan fingerprint density at radius 3 is 2.94 bits per heavy atom. The smallest absolute Gasteiger partial charge is 0.268 e. The third kappa shape index (κ3) is 2.62. The van der Waals surface area contributed by atoms with Crippen molar-refractivity contribution < 1.29 is 4.39 Å². The normalized spacial score (nSPS) is 10.7. The molecule has 0 spiro atoms. The Balaban J connectivity index is 2.44. The summed E-state index contributed by atoms with van der Waals surface area (Å²) in [7, 11) is 0. The number of halogens is 3. The van der Waals surface area contributed by atoms with Crippen LogP contribution in [0.3, 0.4) is 0 Å². The van der Waals surface area contributed by atoms with Gasteiger partial charge in [-0.25, -0.2) is 9.37 Å². The van der Waals surface area contributed by atoms with Crippen molar-refractivity contribution in [2.24, 2.45) is 0 Å². The number of rotatable bonds is 2.